The number of aliphatic hydroxyl groups excluding tert-OH is 1. The van der Waals surface area contributed by atoms with Gasteiger partial charge in [-0.25, -0.2) is 4.68 Å². The van der Waals surface area contributed by atoms with Crippen LogP contribution in [0.4, 0.5) is 0 Å². The minimum absolute atomic E-state index is 0.0110. The Labute approximate surface area is 87.9 Å². The second-order valence-corrected chi connectivity index (χ2v) is 4.66. The van der Waals surface area contributed by atoms with Crippen molar-refractivity contribution in [1.82, 2.24) is 9.78 Å². The summed E-state index contributed by atoms with van der Waals surface area (Å²) in [4.78, 5) is 12.0. The molecule has 3 rings (SSSR count). The van der Waals surface area contributed by atoms with Crippen molar-refractivity contribution in [2.45, 2.75) is 50.7 Å². The van der Waals surface area contributed by atoms with Crippen LogP contribution in [0.2, 0.25) is 0 Å². The van der Waals surface area contributed by atoms with E-state index >= 15 is 0 Å². The second kappa shape index (κ2) is 3.23. The molecular weight excluding hydrogens is 192 g/mol. The quantitative estimate of drug-likeness (QED) is 0.715. The number of aliphatic hydroxyl groups is 1. The zero-order valence-electron chi connectivity index (χ0n) is 8.70. The van der Waals surface area contributed by atoms with Gasteiger partial charge in [-0.1, -0.05) is 0 Å². The van der Waals surface area contributed by atoms with Crippen molar-refractivity contribution in [3.05, 3.63) is 21.6 Å². The molecule has 2 unspecified atom stereocenters. The van der Waals surface area contributed by atoms with Crippen LogP contribution in [0.15, 0.2) is 4.79 Å². The van der Waals surface area contributed by atoms with E-state index in [1.807, 2.05) is 0 Å². The van der Waals surface area contributed by atoms with Crippen molar-refractivity contribution in [3.8, 4) is 0 Å². The van der Waals surface area contributed by atoms with Gasteiger partial charge in [0, 0.05) is 11.3 Å². The maximum atomic E-state index is 12.0. The van der Waals surface area contributed by atoms with E-state index < -0.39 is 0 Å². The molecule has 0 saturated heterocycles. The number of hydrogen-bond donors (Lipinski definition) is 2. The summed E-state index contributed by atoms with van der Waals surface area (Å²) in [6.45, 7) is 0. The average molecular weight is 208 g/mol. The van der Waals surface area contributed by atoms with Crippen molar-refractivity contribution >= 4 is 0 Å². The minimum atomic E-state index is -0.346. The Balaban J connectivity index is 2.02. The number of H-pyrrole nitrogens is 1. The lowest BCUT2D eigenvalue weighted by Crippen LogP contribution is -2.28. The minimum Gasteiger partial charge on any atom is -0.391 e. The normalized spacial score (nSPS) is 29.7. The van der Waals surface area contributed by atoms with Gasteiger partial charge >= 0.3 is 0 Å². The summed E-state index contributed by atoms with van der Waals surface area (Å²) >= 11 is 0. The number of fused-ring (bicyclic) bond motifs is 1. The molecule has 2 aliphatic rings. The first-order valence-corrected chi connectivity index (χ1v) is 5.77. The number of nitrogens with zero attached hydrogens (tertiary/aromatic N) is 1. The van der Waals surface area contributed by atoms with E-state index in [0.717, 1.165) is 49.8 Å². The van der Waals surface area contributed by atoms with Gasteiger partial charge in [0.05, 0.1) is 12.1 Å². The van der Waals surface area contributed by atoms with Gasteiger partial charge in [0.25, 0.3) is 5.56 Å². The number of aryl methyl sites for hydroxylation is 1. The van der Waals surface area contributed by atoms with Crippen LogP contribution >= 0.6 is 0 Å². The maximum Gasteiger partial charge on any atom is 0.270 e. The molecule has 1 aromatic heterocycles. The predicted octanol–water partition coefficient (Wildman–Crippen LogP) is 0.751. The monoisotopic (exact) mass is 208 g/mol. The zero-order valence-corrected chi connectivity index (χ0v) is 8.70. The highest BCUT2D eigenvalue weighted by Crippen LogP contribution is 2.29. The van der Waals surface area contributed by atoms with Gasteiger partial charge in [-0.3, -0.25) is 9.89 Å². The van der Waals surface area contributed by atoms with E-state index in [-0.39, 0.29) is 17.7 Å². The maximum absolute atomic E-state index is 12.0. The molecule has 1 fully saturated rings. The molecule has 4 nitrogen and oxygen atoms in total. The third-order valence-electron chi connectivity index (χ3n) is 3.73. The van der Waals surface area contributed by atoms with Crippen LogP contribution < -0.4 is 5.56 Å². The third-order valence-corrected chi connectivity index (χ3v) is 3.73. The van der Waals surface area contributed by atoms with Crippen molar-refractivity contribution < 1.29 is 5.11 Å². The fourth-order valence-corrected chi connectivity index (χ4v) is 2.90. The summed E-state index contributed by atoms with van der Waals surface area (Å²) in [6, 6.07) is -0.0110. The summed E-state index contributed by atoms with van der Waals surface area (Å²) in [5.74, 6) is 0. The van der Waals surface area contributed by atoms with Crippen molar-refractivity contribution in [3.63, 3.8) is 0 Å². The number of rotatable bonds is 1. The summed E-state index contributed by atoms with van der Waals surface area (Å²) < 4.78 is 1.67. The van der Waals surface area contributed by atoms with Crippen molar-refractivity contribution in [2.24, 2.45) is 0 Å². The zero-order chi connectivity index (χ0) is 10.4. The molecule has 2 N–H and O–H groups in total. The molecule has 0 amide bonds. The number of nitrogens with one attached hydrogen (secondary N) is 1. The summed E-state index contributed by atoms with van der Waals surface area (Å²) in [5.41, 5.74) is 2.15. The molecule has 0 bridgehead atoms. The molecule has 4 heteroatoms. The van der Waals surface area contributed by atoms with Gasteiger partial charge in [0.1, 0.15) is 0 Å². The van der Waals surface area contributed by atoms with Gasteiger partial charge in [-0.15, -0.1) is 0 Å². The highest BCUT2D eigenvalue weighted by molar-refractivity contribution is 5.22. The van der Waals surface area contributed by atoms with E-state index in [1.54, 1.807) is 4.68 Å². The molecule has 82 valence electrons. The Morgan fingerprint density at radius 1 is 1.27 bits per heavy atom. The molecule has 15 heavy (non-hydrogen) atoms. The summed E-state index contributed by atoms with van der Waals surface area (Å²) in [6.07, 6.45) is 5.38. The fraction of sp³-hybridized carbons (Fsp3) is 0.727. The van der Waals surface area contributed by atoms with Gasteiger partial charge in [0.15, 0.2) is 0 Å². The number of hydrogen-bond acceptors (Lipinski definition) is 2. The first-order valence-electron chi connectivity index (χ1n) is 5.77. The van der Waals surface area contributed by atoms with Gasteiger partial charge in [-0.05, 0) is 38.5 Å². The van der Waals surface area contributed by atoms with Crippen LogP contribution in [-0.2, 0) is 12.8 Å². The summed E-state index contributed by atoms with van der Waals surface area (Å²) in [5, 5.41) is 13.0. The van der Waals surface area contributed by atoms with Crippen LogP contribution in [-0.4, -0.2) is 21.0 Å². The molecule has 0 aliphatic heterocycles. The first-order chi connectivity index (χ1) is 7.27. The first kappa shape index (κ1) is 9.21. The average Bonchev–Trinajstić information content (AvgIpc) is 2.85. The molecule has 0 radical (unpaired) electrons. The molecule has 2 atom stereocenters. The Morgan fingerprint density at radius 3 is 2.80 bits per heavy atom. The van der Waals surface area contributed by atoms with E-state index in [4.69, 9.17) is 0 Å². The van der Waals surface area contributed by atoms with Gasteiger partial charge in [0.2, 0.25) is 0 Å². The molecule has 1 heterocycles. The highest BCUT2D eigenvalue weighted by Gasteiger charge is 2.30. The Hall–Kier alpha value is -1.03. The smallest absolute Gasteiger partial charge is 0.270 e. The molecular formula is C11H16N2O2. The molecule has 1 saturated carbocycles. The third kappa shape index (κ3) is 1.28. The molecule has 1 aromatic rings. The van der Waals surface area contributed by atoms with Crippen LogP contribution in [0, 0.1) is 0 Å². The van der Waals surface area contributed by atoms with E-state index in [2.05, 4.69) is 5.10 Å². The lowest BCUT2D eigenvalue weighted by atomic mass is 10.2. The van der Waals surface area contributed by atoms with Crippen LogP contribution in [0.25, 0.3) is 0 Å². The summed E-state index contributed by atoms with van der Waals surface area (Å²) in [7, 11) is 0. The topological polar surface area (TPSA) is 58.0 Å². The second-order valence-electron chi connectivity index (χ2n) is 4.66. The highest BCUT2D eigenvalue weighted by atomic mass is 16.3. The van der Waals surface area contributed by atoms with Crippen LogP contribution in [0.3, 0.4) is 0 Å². The van der Waals surface area contributed by atoms with Gasteiger partial charge in [-0.2, -0.15) is 0 Å². The SMILES string of the molecule is O=c1c2c([nH]n1C1CCCC1O)CCC2. The molecule has 0 aromatic carbocycles. The van der Waals surface area contributed by atoms with Gasteiger partial charge < -0.3 is 5.11 Å². The standard InChI is InChI=1S/C11H16N2O2/c14-10-6-2-5-9(10)13-11(15)7-3-1-4-8(7)12-13/h9-10,12,14H,1-6H2. The van der Waals surface area contributed by atoms with Crippen LogP contribution in [0.5, 0.6) is 0 Å². The Bertz CT molecular complexity index is 432. The number of aromatic amines is 1. The number of aromatic nitrogens is 2. The van der Waals surface area contributed by atoms with E-state index in [1.165, 1.54) is 0 Å². The Kier molecular flexibility index (Phi) is 1.99. The fourth-order valence-electron chi connectivity index (χ4n) is 2.90. The van der Waals surface area contributed by atoms with E-state index in [0.29, 0.717) is 0 Å². The largest absolute Gasteiger partial charge is 0.391 e. The molecule has 0 spiro atoms. The predicted molar refractivity (Wildman–Crippen MR) is 56.0 cm³/mol. The molecule has 2 aliphatic carbocycles. The lowest BCUT2D eigenvalue weighted by molar-refractivity contribution is 0.128. The van der Waals surface area contributed by atoms with Crippen LogP contribution in [0.1, 0.15) is 43.0 Å². The van der Waals surface area contributed by atoms with Crippen molar-refractivity contribution in [1.29, 1.82) is 0 Å². The lowest BCUT2D eigenvalue weighted by Gasteiger charge is -2.15. The van der Waals surface area contributed by atoms with E-state index in [9.17, 15) is 9.90 Å². The van der Waals surface area contributed by atoms with Crippen molar-refractivity contribution in [2.75, 3.05) is 0 Å². The Morgan fingerprint density at radius 2 is 2.13 bits per heavy atom.